The summed E-state index contributed by atoms with van der Waals surface area (Å²) in [5, 5.41) is 15.2. The molecule has 3 aromatic rings. The third kappa shape index (κ3) is 4.46. The summed E-state index contributed by atoms with van der Waals surface area (Å²) in [4.78, 5) is 13.4. The molecular weight excluding hydrogens is 418 g/mol. The largest absolute Gasteiger partial charge is 0.489 e. The molecule has 1 N–H and O–H groups in total. The molecule has 0 radical (unpaired) electrons. The van der Waals surface area contributed by atoms with Gasteiger partial charge in [-0.25, -0.2) is 4.79 Å². The summed E-state index contributed by atoms with van der Waals surface area (Å²) in [6.07, 6.45) is 5.13. The number of hydrogen-bond acceptors (Lipinski definition) is 7. The van der Waals surface area contributed by atoms with Gasteiger partial charge in [0, 0.05) is 11.3 Å². The molecule has 1 aromatic heterocycles. The Hall–Kier alpha value is -3.68. The van der Waals surface area contributed by atoms with Crippen molar-refractivity contribution in [1.82, 2.24) is 20.2 Å². The number of fused-ring (bicyclic) bond motifs is 1. The van der Waals surface area contributed by atoms with Gasteiger partial charge in [0.2, 0.25) is 5.95 Å². The first-order chi connectivity index (χ1) is 16.2. The van der Waals surface area contributed by atoms with Gasteiger partial charge in [0.15, 0.2) is 0 Å². The minimum atomic E-state index is -0.556. The smallest absolute Gasteiger partial charge is 0.338 e. The number of ether oxygens (including phenoxy) is 2. The Balaban J connectivity index is 1.49. The highest BCUT2D eigenvalue weighted by atomic mass is 16.5. The molecule has 0 bridgehead atoms. The Labute approximate surface area is 192 Å². The second kappa shape index (κ2) is 9.44. The molecule has 1 aliphatic heterocycles. The number of nitrogens with one attached hydrogen (secondary N) is 1. The number of nitrogens with zero attached hydrogens (tertiary/aromatic N) is 4. The van der Waals surface area contributed by atoms with E-state index < -0.39 is 6.04 Å². The van der Waals surface area contributed by atoms with Gasteiger partial charge in [-0.3, -0.25) is 0 Å². The molecule has 1 saturated carbocycles. The second-order valence-electron chi connectivity index (χ2n) is 8.49. The Morgan fingerprint density at radius 3 is 2.64 bits per heavy atom. The van der Waals surface area contributed by atoms with Crippen molar-refractivity contribution in [2.45, 2.75) is 57.8 Å². The molecular formula is C25H27N5O3. The Bertz CT molecular complexity index is 1150. The van der Waals surface area contributed by atoms with Crippen molar-refractivity contribution in [3.05, 3.63) is 77.0 Å². The van der Waals surface area contributed by atoms with E-state index >= 15 is 0 Å². The molecule has 1 unspecified atom stereocenters. The maximum Gasteiger partial charge on any atom is 0.338 e. The highest BCUT2D eigenvalue weighted by Crippen LogP contribution is 2.39. The predicted octanol–water partition coefficient (Wildman–Crippen LogP) is 4.42. The molecule has 0 spiro atoms. The zero-order chi connectivity index (χ0) is 22.6. The first kappa shape index (κ1) is 21.2. The summed E-state index contributed by atoms with van der Waals surface area (Å²) in [5.41, 5.74) is 3.04. The van der Waals surface area contributed by atoms with Crippen molar-refractivity contribution in [3.8, 4) is 5.75 Å². The summed E-state index contributed by atoms with van der Waals surface area (Å²) in [5.74, 6) is 0.811. The summed E-state index contributed by atoms with van der Waals surface area (Å²) in [6, 6.07) is 17.1. The van der Waals surface area contributed by atoms with Gasteiger partial charge >= 0.3 is 5.97 Å². The molecule has 5 rings (SSSR count). The normalized spacial score (nSPS) is 18.4. The number of allylic oxidation sites excluding steroid dienone is 1. The van der Waals surface area contributed by atoms with Crippen LogP contribution in [0, 0.1) is 0 Å². The van der Waals surface area contributed by atoms with Crippen LogP contribution in [0.5, 0.6) is 5.75 Å². The third-order valence-electron chi connectivity index (χ3n) is 6.21. The zero-order valence-electron chi connectivity index (χ0n) is 18.6. The lowest BCUT2D eigenvalue weighted by atomic mass is 9.94. The van der Waals surface area contributed by atoms with E-state index in [-0.39, 0.29) is 12.1 Å². The molecule has 2 aromatic carbocycles. The van der Waals surface area contributed by atoms with Crippen molar-refractivity contribution in [3.63, 3.8) is 0 Å². The van der Waals surface area contributed by atoms with E-state index in [0.29, 0.717) is 29.6 Å². The van der Waals surface area contributed by atoms with Crippen LogP contribution >= 0.6 is 0 Å². The molecule has 1 aliphatic carbocycles. The molecule has 2 heterocycles. The predicted molar refractivity (Wildman–Crippen MR) is 122 cm³/mol. The Morgan fingerprint density at radius 2 is 1.82 bits per heavy atom. The fraction of sp³-hybridized carbons (Fsp3) is 0.360. The van der Waals surface area contributed by atoms with Crippen LogP contribution in [0.1, 0.15) is 56.2 Å². The van der Waals surface area contributed by atoms with Crippen molar-refractivity contribution in [2.24, 2.45) is 0 Å². The highest BCUT2D eigenvalue weighted by molar-refractivity contribution is 5.92. The van der Waals surface area contributed by atoms with Crippen LogP contribution in [-0.4, -0.2) is 32.3 Å². The topological polar surface area (TPSA) is 91.2 Å². The van der Waals surface area contributed by atoms with E-state index in [1.54, 1.807) is 4.68 Å². The molecule has 8 heteroatoms. The number of esters is 1. The van der Waals surface area contributed by atoms with Gasteiger partial charge in [-0.05, 0) is 54.7 Å². The molecule has 8 nitrogen and oxygen atoms in total. The van der Waals surface area contributed by atoms with Gasteiger partial charge in [0.1, 0.15) is 24.5 Å². The standard InChI is InChI=1S/C25H27N5O3/c1-17-22(24(31)33-19-12-6-3-7-13-19)23(30-25(26-17)27-28-29-30)20-14-8-9-15-21(20)32-16-18-10-4-2-5-11-18/h2,4-5,8-11,14-15,19,23H,3,6-7,12-13,16H2,1H3,(H,26,27,29). The summed E-state index contributed by atoms with van der Waals surface area (Å²) >= 11 is 0. The third-order valence-corrected chi connectivity index (χ3v) is 6.21. The van der Waals surface area contributed by atoms with Crippen molar-refractivity contribution < 1.29 is 14.3 Å². The average molecular weight is 446 g/mol. The van der Waals surface area contributed by atoms with Crippen LogP contribution < -0.4 is 10.1 Å². The lowest BCUT2D eigenvalue weighted by molar-refractivity contribution is -0.146. The number of tetrazole rings is 1. The Kier molecular flexibility index (Phi) is 6.06. The fourth-order valence-electron chi connectivity index (χ4n) is 4.54. The lowest BCUT2D eigenvalue weighted by Gasteiger charge is -2.30. The van der Waals surface area contributed by atoms with Gasteiger partial charge in [0.05, 0.1) is 5.57 Å². The molecule has 1 atom stereocenters. The minimum absolute atomic E-state index is 0.0490. The highest BCUT2D eigenvalue weighted by Gasteiger charge is 2.37. The van der Waals surface area contributed by atoms with Gasteiger partial charge in [-0.1, -0.05) is 60.1 Å². The SMILES string of the molecule is CC1=C(C(=O)OC2CCCCC2)C(c2ccccc2OCc2ccccc2)n2nnnc2N1. The van der Waals surface area contributed by atoms with Crippen LogP contribution in [0.4, 0.5) is 5.95 Å². The van der Waals surface area contributed by atoms with E-state index in [0.717, 1.165) is 36.8 Å². The quantitative estimate of drug-likeness (QED) is 0.562. The van der Waals surface area contributed by atoms with Crippen LogP contribution in [0.2, 0.25) is 0 Å². The van der Waals surface area contributed by atoms with Gasteiger partial charge in [-0.2, -0.15) is 4.68 Å². The maximum absolute atomic E-state index is 13.4. The molecule has 170 valence electrons. The van der Waals surface area contributed by atoms with E-state index in [1.165, 1.54) is 6.42 Å². The van der Waals surface area contributed by atoms with Gasteiger partial charge in [0.25, 0.3) is 0 Å². The van der Waals surface area contributed by atoms with E-state index in [2.05, 4.69) is 20.8 Å². The van der Waals surface area contributed by atoms with E-state index in [1.807, 2.05) is 61.5 Å². The monoisotopic (exact) mass is 445 g/mol. The zero-order valence-corrected chi connectivity index (χ0v) is 18.6. The molecule has 0 amide bonds. The summed E-state index contributed by atoms with van der Waals surface area (Å²) < 4.78 is 13.8. The number of carbonyl (C=O) groups excluding carboxylic acids is 1. The Morgan fingerprint density at radius 1 is 1.06 bits per heavy atom. The number of rotatable bonds is 6. The molecule has 33 heavy (non-hydrogen) atoms. The molecule has 2 aliphatic rings. The number of carbonyl (C=O) groups is 1. The van der Waals surface area contributed by atoms with Crippen LogP contribution in [0.3, 0.4) is 0 Å². The fourth-order valence-corrected chi connectivity index (χ4v) is 4.54. The average Bonchev–Trinajstić information content (AvgIpc) is 3.31. The van der Waals surface area contributed by atoms with Crippen LogP contribution in [0.25, 0.3) is 0 Å². The first-order valence-corrected chi connectivity index (χ1v) is 11.4. The first-order valence-electron chi connectivity index (χ1n) is 11.4. The number of benzene rings is 2. The number of hydrogen-bond donors (Lipinski definition) is 1. The molecule has 1 fully saturated rings. The minimum Gasteiger partial charge on any atom is -0.489 e. The number of aromatic nitrogens is 4. The van der Waals surface area contributed by atoms with E-state index in [9.17, 15) is 4.79 Å². The van der Waals surface area contributed by atoms with Crippen LogP contribution in [0.15, 0.2) is 65.9 Å². The van der Waals surface area contributed by atoms with Crippen LogP contribution in [-0.2, 0) is 16.1 Å². The lowest BCUT2D eigenvalue weighted by Crippen LogP contribution is -2.32. The van der Waals surface area contributed by atoms with Gasteiger partial charge in [-0.15, -0.1) is 0 Å². The van der Waals surface area contributed by atoms with Crippen molar-refractivity contribution in [1.29, 1.82) is 0 Å². The van der Waals surface area contributed by atoms with E-state index in [4.69, 9.17) is 9.47 Å². The van der Waals surface area contributed by atoms with Crippen molar-refractivity contribution >= 4 is 11.9 Å². The number of para-hydroxylation sites is 1. The summed E-state index contributed by atoms with van der Waals surface area (Å²) in [6.45, 7) is 2.27. The number of anilines is 1. The molecule has 0 saturated heterocycles. The van der Waals surface area contributed by atoms with Crippen molar-refractivity contribution in [2.75, 3.05) is 5.32 Å². The second-order valence-corrected chi connectivity index (χ2v) is 8.49. The maximum atomic E-state index is 13.4. The van der Waals surface area contributed by atoms with Gasteiger partial charge < -0.3 is 14.8 Å². The summed E-state index contributed by atoms with van der Waals surface area (Å²) in [7, 11) is 0.